The van der Waals surface area contributed by atoms with Crippen LogP contribution in [0.15, 0.2) is 65.6 Å². The lowest BCUT2D eigenvalue weighted by atomic mass is 10.1. The van der Waals surface area contributed by atoms with E-state index in [0.29, 0.717) is 11.3 Å². The Balaban J connectivity index is 2.08. The first-order valence-electron chi connectivity index (χ1n) is 8.41. The predicted octanol–water partition coefficient (Wildman–Crippen LogP) is 3.67. The molecule has 146 valence electrons. The van der Waals surface area contributed by atoms with Crippen molar-refractivity contribution in [3.8, 4) is 11.3 Å². The van der Waals surface area contributed by atoms with Gasteiger partial charge in [0.05, 0.1) is 24.4 Å². The summed E-state index contributed by atoms with van der Waals surface area (Å²) >= 11 is 0. The molecule has 0 spiro atoms. The number of carbonyl (C=O) groups is 1. The smallest absolute Gasteiger partial charge is 0.383 e. The lowest BCUT2D eigenvalue weighted by Gasteiger charge is -2.09. The van der Waals surface area contributed by atoms with E-state index in [-0.39, 0.29) is 18.7 Å². The van der Waals surface area contributed by atoms with E-state index in [4.69, 9.17) is 4.74 Å². The Morgan fingerprint density at radius 2 is 1.68 bits per heavy atom. The second kappa shape index (κ2) is 7.85. The normalized spacial score (nSPS) is 11.6. The van der Waals surface area contributed by atoms with Gasteiger partial charge in [0, 0.05) is 24.4 Å². The molecule has 0 saturated heterocycles. The van der Waals surface area contributed by atoms with Crippen LogP contribution in [-0.4, -0.2) is 28.8 Å². The van der Waals surface area contributed by atoms with Crippen LogP contribution in [0.25, 0.3) is 11.3 Å². The van der Waals surface area contributed by atoms with Crippen molar-refractivity contribution in [2.24, 2.45) is 0 Å². The quantitative estimate of drug-likeness (QED) is 0.668. The first-order chi connectivity index (χ1) is 13.3. The van der Waals surface area contributed by atoms with Gasteiger partial charge in [0.1, 0.15) is 0 Å². The molecule has 0 aliphatic heterocycles. The van der Waals surface area contributed by atoms with Crippen molar-refractivity contribution in [1.29, 1.82) is 0 Å². The monoisotopic (exact) mass is 390 g/mol. The summed E-state index contributed by atoms with van der Waals surface area (Å²) in [7, 11) is 1.49. The molecule has 28 heavy (non-hydrogen) atoms. The maximum absolute atomic E-state index is 12.9. The number of benzene rings is 2. The van der Waals surface area contributed by atoms with Crippen molar-refractivity contribution >= 4 is 5.91 Å². The van der Waals surface area contributed by atoms with E-state index in [1.807, 2.05) is 0 Å². The Hall–Kier alpha value is -3.13. The molecule has 1 aromatic heterocycles. The van der Waals surface area contributed by atoms with Crippen LogP contribution in [0, 0.1) is 0 Å². The van der Waals surface area contributed by atoms with Gasteiger partial charge in [-0.15, -0.1) is 0 Å². The van der Waals surface area contributed by atoms with Crippen molar-refractivity contribution in [2.45, 2.75) is 12.7 Å². The molecule has 0 bridgehead atoms. The fraction of sp³-hybridized carbons (Fsp3) is 0.200. The first-order valence-corrected chi connectivity index (χ1v) is 8.41. The highest BCUT2D eigenvalue weighted by Gasteiger charge is 2.30. The highest BCUT2D eigenvalue weighted by molar-refractivity contribution is 5.98. The summed E-state index contributed by atoms with van der Waals surface area (Å²) in [5, 5.41) is 0. The van der Waals surface area contributed by atoms with Crippen LogP contribution >= 0.6 is 0 Å². The number of hydrogen-bond acceptors (Lipinski definition) is 3. The van der Waals surface area contributed by atoms with Gasteiger partial charge >= 0.3 is 11.9 Å². The van der Waals surface area contributed by atoms with E-state index in [1.165, 1.54) is 11.7 Å². The first kappa shape index (κ1) is 19.6. The van der Waals surface area contributed by atoms with Gasteiger partial charge in [-0.2, -0.15) is 13.2 Å². The maximum atomic E-state index is 12.9. The number of hydrogen-bond donors (Lipinski definition) is 0. The zero-order chi connectivity index (χ0) is 20.3. The van der Waals surface area contributed by atoms with Gasteiger partial charge in [-0.3, -0.25) is 9.36 Å². The van der Waals surface area contributed by atoms with Gasteiger partial charge in [0.15, 0.2) is 0 Å². The standard InChI is InChI=1S/C20H17F3N2O3/c1-28-12-11-24-13-17(14-5-3-2-4-6-14)25(19(24)27)18(26)15-7-9-16(10-8-15)20(21,22)23/h2-10,13H,11-12H2,1H3. The molecule has 0 radical (unpaired) electrons. The fourth-order valence-corrected chi connectivity index (χ4v) is 2.78. The molecular weight excluding hydrogens is 373 g/mol. The van der Waals surface area contributed by atoms with Crippen molar-refractivity contribution < 1.29 is 22.7 Å². The molecule has 0 aliphatic rings. The van der Waals surface area contributed by atoms with Gasteiger partial charge in [0.25, 0.3) is 5.91 Å². The zero-order valence-corrected chi connectivity index (χ0v) is 14.9. The Labute approximate surface area is 158 Å². The van der Waals surface area contributed by atoms with Crippen LogP contribution in [-0.2, 0) is 17.5 Å². The third kappa shape index (κ3) is 3.91. The van der Waals surface area contributed by atoms with Crippen molar-refractivity contribution in [3.05, 3.63) is 82.4 Å². The third-order valence-corrected chi connectivity index (χ3v) is 4.22. The number of rotatable bonds is 5. The zero-order valence-electron chi connectivity index (χ0n) is 14.9. The van der Waals surface area contributed by atoms with Gasteiger partial charge in [-0.05, 0) is 24.3 Å². The predicted molar refractivity (Wildman–Crippen MR) is 97.2 cm³/mol. The minimum absolute atomic E-state index is 0.0169. The molecular formula is C20H17F3N2O3. The van der Waals surface area contributed by atoms with E-state index in [9.17, 15) is 22.8 Å². The largest absolute Gasteiger partial charge is 0.416 e. The molecule has 8 heteroatoms. The van der Waals surface area contributed by atoms with E-state index < -0.39 is 23.3 Å². The molecule has 0 unspecified atom stereocenters. The van der Waals surface area contributed by atoms with Crippen LogP contribution in [0.5, 0.6) is 0 Å². The van der Waals surface area contributed by atoms with Crippen LogP contribution in [0.3, 0.4) is 0 Å². The minimum Gasteiger partial charge on any atom is -0.383 e. The summed E-state index contributed by atoms with van der Waals surface area (Å²) in [6, 6.07) is 12.6. The molecule has 3 rings (SSSR count). The molecule has 3 aromatic rings. The summed E-state index contributed by atoms with van der Waals surface area (Å²) in [6.45, 7) is 0.509. The summed E-state index contributed by atoms with van der Waals surface area (Å²) in [5.74, 6) is -0.700. The van der Waals surface area contributed by atoms with Crippen molar-refractivity contribution in [1.82, 2.24) is 9.13 Å². The molecule has 1 heterocycles. The Morgan fingerprint density at radius 1 is 1.04 bits per heavy atom. The van der Waals surface area contributed by atoms with Crippen LogP contribution in [0.4, 0.5) is 13.2 Å². The molecule has 0 saturated carbocycles. The van der Waals surface area contributed by atoms with Gasteiger partial charge in [0.2, 0.25) is 0 Å². The van der Waals surface area contributed by atoms with Crippen molar-refractivity contribution in [2.75, 3.05) is 13.7 Å². The summed E-state index contributed by atoms with van der Waals surface area (Å²) in [6.07, 6.45) is -2.96. The lowest BCUT2D eigenvalue weighted by molar-refractivity contribution is -0.137. The van der Waals surface area contributed by atoms with Crippen LogP contribution < -0.4 is 5.69 Å². The third-order valence-electron chi connectivity index (χ3n) is 4.22. The average molecular weight is 390 g/mol. The Morgan fingerprint density at radius 3 is 2.25 bits per heavy atom. The highest BCUT2D eigenvalue weighted by Crippen LogP contribution is 2.29. The SMILES string of the molecule is COCCn1cc(-c2ccccc2)n(C(=O)c2ccc(C(F)(F)F)cc2)c1=O. The van der Waals surface area contributed by atoms with E-state index in [0.717, 1.165) is 28.8 Å². The minimum atomic E-state index is -4.50. The number of ether oxygens (including phenoxy) is 1. The summed E-state index contributed by atoms with van der Waals surface area (Å²) in [4.78, 5) is 25.7. The van der Waals surface area contributed by atoms with Crippen molar-refractivity contribution in [3.63, 3.8) is 0 Å². The molecule has 5 nitrogen and oxygen atoms in total. The molecule has 0 fully saturated rings. The van der Waals surface area contributed by atoms with E-state index in [2.05, 4.69) is 0 Å². The van der Waals surface area contributed by atoms with E-state index >= 15 is 0 Å². The van der Waals surface area contributed by atoms with Crippen LogP contribution in [0.1, 0.15) is 15.9 Å². The second-order valence-electron chi connectivity index (χ2n) is 6.06. The number of halogens is 3. The molecule has 0 amide bonds. The second-order valence-corrected chi connectivity index (χ2v) is 6.06. The maximum Gasteiger partial charge on any atom is 0.416 e. The Bertz CT molecular complexity index is 1020. The van der Waals surface area contributed by atoms with Gasteiger partial charge in [-0.1, -0.05) is 30.3 Å². The fourth-order valence-electron chi connectivity index (χ4n) is 2.78. The lowest BCUT2D eigenvalue weighted by Crippen LogP contribution is -2.30. The Kier molecular flexibility index (Phi) is 5.51. The number of carbonyl (C=O) groups excluding carboxylic acids is 1. The number of alkyl halides is 3. The summed E-state index contributed by atoms with van der Waals surface area (Å²) in [5.41, 5.74) is -0.474. The summed E-state index contributed by atoms with van der Waals surface area (Å²) < 4.78 is 45.6. The molecule has 0 N–H and O–H groups in total. The number of imidazole rings is 1. The topological polar surface area (TPSA) is 53.2 Å². The number of methoxy groups -OCH3 is 1. The van der Waals surface area contributed by atoms with E-state index in [1.54, 1.807) is 36.5 Å². The van der Waals surface area contributed by atoms with Gasteiger partial charge < -0.3 is 4.74 Å². The highest BCUT2D eigenvalue weighted by atomic mass is 19.4. The van der Waals surface area contributed by atoms with Crippen LogP contribution in [0.2, 0.25) is 0 Å². The van der Waals surface area contributed by atoms with Gasteiger partial charge in [-0.25, -0.2) is 9.36 Å². The number of aromatic nitrogens is 2. The molecule has 2 aromatic carbocycles. The average Bonchev–Trinajstić information content (AvgIpc) is 3.02. The molecule has 0 atom stereocenters. The molecule has 0 aliphatic carbocycles. The number of nitrogens with zero attached hydrogens (tertiary/aromatic N) is 2.